The van der Waals surface area contributed by atoms with Crippen molar-refractivity contribution in [2.75, 3.05) is 0 Å². The van der Waals surface area contributed by atoms with Crippen molar-refractivity contribution in [3.63, 3.8) is 0 Å². The van der Waals surface area contributed by atoms with Gasteiger partial charge in [0.05, 0.1) is 6.10 Å². The van der Waals surface area contributed by atoms with E-state index < -0.39 is 0 Å². The normalized spacial score (nSPS) is 16.1. The van der Waals surface area contributed by atoms with Crippen molar-refractivity contribution in [2.45, 2.75) is 46.1 Å². The standard InChI is InChI=1S/C11H22O/c1-5-6-11(9(2)3)8-7-10(4)12/h5,9-12H,1,6-8H2,2-4H3/t10?,11-/m0/s1. The summed E-state index contributed by atoms with van der Waals surface area (Å²) in [5.41, 5.74) is 0. The molecule has 1 N–H and O–H groups in total. The lowest BCUT2D eigenvalue weighted by Crippen LogP contribution is -2.11. The van der Waals surface area contributed by atoms with Crippen LogP contribution in [-0.2, 0) is 0 Å². The topological polar surface area (TPSA) is 20.2 Å². The van der Waals surface area contributed by atoms with Crippen LogP contribution in [0.1, 0.15) is 40.0 Å². The Bertz CT molecular complexity index is 116. The number of hydrogen-bond donors (Lipinski definition) is 1. The molecule has 1 heteroatoms. The average molecular weight is 170 g/mol. The molecule has 0 aliphatic rings. The van der Waals surface area contributed by atoms with E-state index in [1.54, 1.807) is 0 Å². The van der Waals surface area contributed by atoms with Crippen molar-refractivity contribution in [3.8, 4) is 0 Å². The number of aliphatic hydroxyl groups excluding tert-OH is 1. The van der Waals surface area contributed by atoms with E-state index in [1.807, 2.05) is 13.0 Å². The van der Waals surface area contributed by atoms with Crippen LogP contribution in [0.5, 0.6) is 0 Å². The SMILES string of the molecule is C=CC[C@@H](CCC(C)O)C(C)C. The molecule has 1 nitrogen and oxygen atoms in total. The van der Waals surface area contributed by atoms with Crippen molar-refractivity contribution in [3.05, 3.63) is 12.7 Å². The van der Waals surface area contributed by atoms with Crippen LogP contribution in [0.3, 0.4) is 0 Å². The highest BCUT2D eigenvalue weighted by molar-refractivity contribution is 4.75. The fourth-order valence-corrected chi connectivity index (χ4v) is 1.39. The van der Waals surface area contributed by atoms with Gasteiger partial charge in [-0.2, -0.15) is 0 Å². The first-order chi connectivity index (χ1) is 5.57. The summed E-state index contributed by atoms with van der Waals surface area (Å²) in [6.45, 7) is 10.1. The Labute approximate surface area is 76.5 Å². The van der Waals surface area contributed by atoms with Gasteiger partial charge in [0.15, 0.2) is 0 Å². The van der Waals surface area contributed by atoms with Crippen LogP contribution >= 0.6 is 0 Å². The molecule has 0 bridgehead atoms. The third kappa shape index (κ3) is 5.36. The lowest BCUT2D eigenvalue weighted by atomic mass is 9.87. The van der Waals surface area contributed by atoms with E-state index in [0.717, 1.165) is 19.3 Å². The molecule has 0 rings (SSSR count). The van der Waals surface area contributed by atoms with Gasteiger partial charge in [-0.1, -0.05) is 19.9 Å². The second-order valence-corrected chi connectivity index (χ2v) is 3.95. The Kier molecular flexibility index (Phi) is 6.09. The van der Waals surface area contributed by atoms with Crippen molar-refractivity contribution in [1.82, 2.24) is 0 Å². The fraction of sp³-hybridized carbons (Fsp3) is 0.818. The minimum absolute atomic E-state index is 0.156. The Morgan fingerprint density at radius 2 is 1.83 bits per heavy atom. The molecule has 0 spiro atoms. The summed E-state index contributed by atoms with van der Waals surface area (Å²) >= 11 is 0. The van der Waals surface area contributed by atoms with Crippen LogP contribution in [0.4, 0.5) is 0 Å². The van der Waals surface area contributed by atoms with E-state index in [4.69, 9.17) is 5.11 Å². The molecule has 0 saturated heterocycles. The molecule has 0 aromatic heterocycles. The maximum absolute atomic E-state index is 9.13. The van der Waals surface area contributed by atoms with E-state index in [-0.39, 0.29) is 6.10 Å². The molecule has 0 fully saturated rings. The van der Waals surface area contributed by atoms with Crippen LogP contribution in [0.15, 0.2) is 12.7 Å². The van der Waals surface area contributed by atoms with E-state index in [9.17, 15) is 0 Å². The van der Waals surface area contributed by atoms with Crippen LogP contribution in [0.2, 0.25) is 0 Å². The van der Waals surface area contributed by atoms with E-state index in [1.165, 1.54) is 0 Å². The van der Waals surface area contributed by atoms with Gasteiger partial charge in [0, 0.05) is 0 Å². The second kappa shape index (κ2) is 6.24. The summed E-state index contributed by atoms with van der Waals surface area (Å²) < 4.78 is 0. The maximum atomic E-state index is 9.13. The van der Waals surface area contributed by atoms with Gasteiger partial charge in [-0.3, -0.25) is 0 Å². The van der Waals surface area contributed by atoms with Crippen LogP contribution in [-0.4, -0.2) is 11.2 Å². The molecule has 2 atom stereocenters. The first kappa shape index (κ1) is 11.7. The van der Waals surface area contributed by atoms with E-state index in [0.29, 0.717) is 11.8 Å². The Morgan fingerprint density at radius 3 is 2.17 bits per heavy atom. The highest BCUT2D eigenvalue weighted by Gasteiger charge is 2.12. The number of allylic oxidation sites excluding steroid dienone is 1. The summed E-state index contributed by atoms with van der Waals surface area (Å²) in [4.78, 5) is 0. The molecule has 0 aliphatic heterocycles. The highest BCUT2D eigenvalue weighted by Crippen LogP contribution is 2.21. The van der Waals surface area contributed by atoms with Gasteiger partial charge in [-0.05, 0) is 38.0 Å². The van der Waals surface area contributed by atoms with Crippen LogP contribution in [0.25, 0.3) is 0 Å². The third-order valence-corrected chi connectivity index (χ3v) is 2.37. The molecule has 0 amide bonds. The number of aliphatic hydroxyl groups is 1. The molecular formula is C11H22O. The quantitative estimate of drug-likeness (QED) is 0.608. The van der Waals surface area contributed by atoms with Gasteiger partial charge >= 0.3 is 0 Å². The molecule has 0 radical (unpaired) electrons. The molecule has 12 heavy (non-hydrogen) atoms. The summed E-state index contributed by atoms with van der Waals surface area (Å²) in [6.07, 6.45) is 4.92. The van der Waals surface area contributed by atoms with Crippen molar-refractivity contribution < 1.29 is 5.11 Å². The molecular weight excluding hydrogens is 148 g/mol. The zero-order valence-electron chi connectivity index (χ0n) is 8.59. The third-order valence-electron chi connectivity index (χ3n) is 2.37. The van der Waals surface area contributed by atoms with Crippen LogP contribution < -0.4 is 0 Å². The summed E-state index contributed by atoms with van der Waals surface area (Å²) in [5.74, 6) is 1.39. The van der Waals surface area contributed by atoms with Gasteiger partial charge in [-0.25, -0.2) is 0 Å². The van der Waals surface area contributed by atoms with Crippen molar-refractivity contribution in [2.24, 2.45) is 11.8 Å². The first-order valence-corrected chi connectivity index (χ1v) is 4.86. The zero-order chi connectivity index (χ0) is 9.56. The van der Waals surface area contributed by atoms with Gasteiger partial charge in [0.1, 0.15) is 0 Å². The van der Waals surface area contributed by atoms with Gasteiger partial charge in [-0.15, -0.1) is 6.58 Å². The average Bonchev–Trinajstić information content (AvgIpc) is 1.96. The van der Waals surface area contributed by atoms with Crippen molar-refractivity contribution >= 4 is 0 Å². The molecule has 0 saturated carbocycles. The Hall–Kier alpha value is -0.300. The zero-order valence-corrected chi connectivity index (χ0v) is 8.59. The van der Waals surface area contributed by atoms with Crippen molar-refractivity contribution in [1.29, 1.82) is 0 Å². The van der Waals surface area contributed by atoms with Gasteiger partial charge < -0.3 is 5.11 Å². The Morgan fingerprint density at radius 1 is 1.25 bits per heavy atom. The monoisotopic (exact) mass is 170 g/mol. The summed E-state index contributed by atoms with van der Waals surface area (Å²) in [5, 5.41) is 9.13. The predicted octanol–water partition coefficient (Wildman–Crippen LogP) is 3.00. The highest BCUT2D eigenvalue weighted by atomic mass is 16.3. The lowest BCUT2D eigenvalue weighted by molar-refractivity contribution is 0.167. The molecule has 0 heterocycles. The number of rotatable bonds is 6. The minimum atomic E-state index is -0.156. The summed E-state index contributed by atoms with van der Waals surface area (Å²) in [7, 11) is 0. The molecule has 1 unspecified atom stereocenters. The van der Waals surface area contributed by atoms with Gasteiger partial charge in [0.2, 0.25) is 0 Å². The Balaban J connectivity index is 3.70. The predicted molar refractivity (Wildman–Crippen MR) is 54.1 cm³/mol. The van der Waals surface area contributed by atoms with Crippen LogP contribution in [0, 0.1) is 11.8 Å². The first-order valence-electron chi connectivity index (χ1n) is 4.86. The van der Waals surface area contributed by atoms with E-state index >= 15 is 0 Å². The maximum Gasteiger partial charge on any atom is 0.0512 e. The molecule has 72 valence electrons. The molecule has 0 aromatic rings. The summed E-state index contributed by atoms with van der Waals surface area (Å²) in [6, 6.07) is 0. The van der Waals surface area contributed by atoms with E-state index in [2.05, 4.69) is 20.4 Å². The second-order valence-electron chi connectivity index (χ2n) is 3.95. The smallest absolute Gasteiger partial charge is 0.0512 e. The number of hydrogen-bond acceptors (Lipinski definition) is 1. The van der Waals surface area contributed by atoms with Gasteiger partial charge in [0.25, 0.3) is 0 Å². The minimum Gasteiger partial charge on any atom is -0.393 e. The lowest BCUT2D eigenvalue weighted by Gasteiger charge is -2.19. The largest absolute Gasteiger partial charge is 0.393 e. The molecule has 0 aromatic carbocycles. The fourth-order valence-electron chi connectivity index (χ4n) is 1.39. The molecule has 0 aliphatic carbocycles.